The van der Waals surface area contributed by atoms with Gasteiger partial charge in [0.25, 0.3) is 0 Å². The molecule has 2 heterocycles. The standard InChI is InChI=1S/C15H16Cl2N4/c16-11-6-12(17)8-13(7-11)20-14-9-15(19-10-18-14)21-4-2-1-3-5-21/h6-10H,1-5H2,(H,18,19,20). The van der Waals surface area contributed by atoms with Gasteiger partial charge in [-0.25, -0.2) is 9.97 Å². The average molecular weight is 323 g/mol. The van der Waals surface area contributed by atoms with E-state index in [0.717, 1.165) is 30.4 Å². The minimum Gasteiger partial charge on any atom is -0.356 e. The van der Waals surface area contributed by atoms with Crippen molar-refractivity contribution >= 4 is 40.5 Å². The van der Waals surface area contributed by atoms with Crippen LogP contribution < -0.4 is 10.2 Å². The van der Waals surface area contributed by atoms with Crippen LogP contribution in [0.5, 0.6) is 0 Å². The topological polar surface area (TPSA) is 41.0 Å². The van der Waals surface area contributed by atoms with Crippen molar-refractivity contribution in [3.63, 3.8) is 0 Å². The molecule has 0 bridgehead atoms. The summed E-state index contributed by atoms with van der Waals surface area (Å²) in [6, 6.07) is 7.29. The first kappa shape index (κ1) is 14.4. The van der Waals surface area contributed by atoms with Crippen LogP contribution in [0.25, 0.3) is 0 Å². The van der Waals surface area contributed by atoms with E-state index in [4.69, 9.17) is 23.2 Å². The van der Waals surface area contributed by atoms with Gasteiger partial charge in [-0.1, -0.05) is 23.2 Å². The summed E-state index contributed by atoms with van der Waals surface area (Å²) in [5.74, 6) is 1.70. The Labute approximate surface area is 134 Å². The lowest BCUT2D eigenvalue weighted by molar-refractivity contribution is 0.573. The van der Waals surface area contributed by atoms with E-state index in [9.17, 15) is 0 Å². The van der Waals surface area contributed by atoms with Crippen molar-refractivity contribution in [1.82, 2.24) is 9.97 Å². The zero-order valence-electron chi connectivity index (χ0n) is 11.5. The molecule has 1 aromatic heterocycles. The van der Waals surface area contributed by atoms with Crippen LogP contribution in [-0.4, -0.2) is 23.1 Å². The van der Waals surface area contributed by atoms with E-state index in [2.05, 4.69) is 20.2 Å². The fourth-order valence-corrected chi connectivity index (χ4v) is 3.01. The first-order valence-electron chi connectivity index (χ1n) is 7.01. The van der Waals surface area contributed by atoms with Crippen molar-refractivity contribution in [2.45, 2.75) is 19.3 Å². The summed E-state index contributed by atoms with van der Waals surface area (Å²) >= 11 is 12.0. The Kier molecular flexibility index (Phi) is 4.46. The van der Waals surface area contributed by atoms with E-state index in [1.54, 1.807) is 12.4 Å². The van der Waals surface area contributed by atoms with Gasteiger partial charge in [-0.05, 0) is 37.5 Å². The number of nitrogens with one attached hydrogen (secondary N) is 1. The van der Waals surface area contributed by atoms with Crippen LogP contribution in [0.3, 0.4) is 0 Å². The van der Waals surface area contributed by atoms with Gasteiger partial charge in [0.05, 0.1) is 0 Å². The predicted molar refractivity (Wildman–Crippen MR) is 87.8 cm³/mol. The largest absolute Gasteiger partial charge is 0.356 e. The molecule has 110 valence electrons. The molecule has 0 radical (unpaired) electrons. The quantitative estimate of drug-likeness (QED) is 0.902. The number of piperidine rings is 1. The Bertz CT molecular complexity index is 607. The molecule has 0 saturated carbocycles. The molecule has 1 saturated heterocycles. The Morgan fingerprint density at radius 2 is 1.62 bits per heavy atom. The van der Waals surface area contributed by atoms with Crippen LogP contribution in [0.2, 0.25) is 10.0 Å². The molecule has 0 aliphatic carbocycles. The number of benzene rings is 1. The van der Waals surface area contributed by atoms with Crippen LogP contribution in [0.1, 0.15) is 19.3 Å². The van der Waals surface area contributed by atoms with Gasteiger partial charge in [-0.3, -0.25) is 0 Å². The molecule has 2 aromatic rings. The second kappa shape index (κ2) is 6.50. The SMILES string of the molecule is Clc1cc(Cl)cc(Nc2cc(N3CCCCC3)ncn2)c1. The number of aromatic nitrogens is 2. The third-order valence-corrected chi connectivity index (χ3v) is 3.90. The number of rotatable bonds is 3. The molecule has 4 nitrogen and oxygen atoms in total. The lowest BCUT2D eigenvalue weighted by atomic mass is 10.1. The maximum Gasteiger partial charge on any atom is 0.135 e. The van der Waals surface area contributed by atoms with Gasteiger partial charge in [0.1, 0.15) is 18.0 Å². The maximum atomic E-state index is 6.00. The zero-order valence-corrected chi connectivity index (χ0v) is 13.0. The van der Waals surface area contributed by atoms with Crippen molar-refractivity contribution in [3.8, 4) is 0 Å². The third kappa shape index (κ3) is 3.77. The monoisotopic (exact) mass is 322 g/mol. The summed E-state index contributed by atoms with van der Waals surface area (Å²) in [5.41, 5.74) is 0.816. The van der Waals surface area contributed by atoms with Crippen LogP contribution in [-0.2, 0) is 0 Å². The number of halogens is 2. The van der Waals surface area contributed by atoms with Gasteiger partial charge >= 0.3 is 0 Å². The number of hydrogen-bond donors (Lipinski definition) is 1. The predicted octanol–water partition coefficient (Wildman–Crippen LogP) is 4.52. The van der Waals surface area contributed by atoms with E-state index in [1.807, 2.05) is 18.2 Å². The number of nitrogens with zero attached hydrogens (tertiary/aromatic N) is 3. The van der Waals surface area contributed by atoms with E-state index in [0.29, 0.717) is 10.0 Å². The van der Waals surface area contributed by atoms with Gasteiger partial charge < -0.3 is 10.2 Å². The summed E-state index contributed by atoms with van der Waals surface area (Å²) in [5, 5.41) is 4.40. The summed E-state index contributed by atoms with van der Waals surface area (Å²) in [4.78, 5) is 10.9. The molecule has 1 aliphatic heterocycles. The smallest absolute Gasteiger partial charge is 0.135 e. The molecule has 0 spiro atoms. The highest BCUT2D eigenvalue weighted by Crippen LogP contribution is 2.26. The van der Waals surface area contributed by atoms with Gasteiger partial charge in [0, 0.05) is 34.9 Å². The van der Waals surface area contributed by atoms with E-state index in [1.165, 1.54) is 19.3 Å². The zero-order chi connectivity index (χ0) is 14.7. The summed E-state index contributed by atoms with van der Waals surface area (Å²) in [6.07, 6.45) is 5.32. The Balaban J connectivity index is 1.79. The maximum absolute atomic E-state index is 6.00. The van der Waals surface area contributed by atoms with Crippen molar-refractivity contribution in [1.29, 1.82) is 0 Å². The van der Waals surface area contributed by atoms with E-state index < -0.39 is 0 Å². The molecule has 21 heavy (non-hydrogen) atoms. The average Bonchev–Trinajstić information content (AvgIpc) is 2.47. The minimum atomic E-state index is 0.593. The highest BCUT2D eigenvalue weighted by Gasteiger charge is 2.12. The summed E-state index contributed by atoms with van der Waals surface area (Å²) in [7, 11) is 0. The Morgan fingerprint density at radius 1 is 0.905 bits per heavy atom. The Hall–Kier alpha value is -1.52. The molecule has 3 rings (SSSR count). The second-order valence-electron chi connectivity index (χ2n) is 5.09. The second-order valence-corrected chi connectivity index (χ2v) is 5.97. The fraction of sp³-hybridized carbons (Fsp3) is 0.333. The number of hydrogen-bond acceptors (Lipinski definition) is 4. The summed E-state index contributed by atoms with van der Waals surface area (Å²) < 4.78 is 0. The first-order valence-corrected chi connectivity index (χ1v) is 7.76. The molecular weight excluding hydrogens is 307 g/mol. The molecule has 1 aromatic carbocycles. The molecule has 1 N–H and O–H groups in total. The van der Waals surface area contributed by atoms with Crippen molar-refractivity contribution < 1.29 is 0 Å². The minimum absolute atomic E-state index is 0.593. The lowest BCUT2D eigenvalue weighted by Crippen LogP contribution is -2.30. The van der Waals surface area contributed by atoms with E-state index >= 15 is 0 Å². The van der Waals surface area contributed by atoms with Gasteiger partial charge in [0.2, 0.25) is 0 Å². The summed E-state index contributed by atoms with van der Waals surface area (Å²) in [6.45, 7) is 2.11. The molecule has 6 heteroatoms. The molecular formula is C15H16Cl2N4. The van der Waals surface area contributed by atoms with Gasteiger partial charge in [0.15, 0.2) is 0 Å². The molecule has 0 amide bonds. The van der Waals surface area contributed by atoms with Crippen LogP contribution in [0, 0.1) is 0 Å². The lowest BCUT2D eigenvalue weighted by Gasteiger charge is -2.27. The first-order chi connectivity index (χ1) is 10.2. The van der Waals surface area contributed by atoms with Crippen molar-refractivity contribution in [3.05, 3.63) is 40.6 Å². The molecule has 1 fully saturated rings. The highest BCUT2D eigenvalue weighted by molar-refractivity contribution is 6.35. The van der Waals surface area contributed by atoms with E-state index in [-0.39, 0.29) is 0 Å². The van der Waals surface area contributed by atoms with Crippen LogP contribution in [0.15, 0.2) is 30.6 Å². The van der Waals surface area contributed by atoms with Crippen LogP contribution >= 0.6 is 23.2 Å². The van der Waals surface area contributed by atoms with Crippen LogP contribution in [0.4, 0.5) is 17.3 Å². The van der Waals surface area contributed by atoms with Crippen molar-refractivity contribution in [2.24, 2.45) is 0 Å². The Morgan fingerprint density at radius 3 is 2.33 bits per heavy atom. The van der Waals surface area contributed by atoms with Gasteiger partial charge in [-0.2, -0.15) is 0 Å². The van der Waals surface area contributed by atoms with Crippen molar-refractivity contribution in [2.75, 3.05) is 23.3 Å². The number of anilines is 3. The molecule has 1 aliphatic rings. The third-order valence-electron chi connectivity index (χ3n) is 3.47. The normalized spacial score (nSPS) is 15.0. The molecule has 0 unspecified atom stereocenters. The fourth-order valence-electron chi connectivity index (χ4n) is 2.49. The van der Waals surface area contributed by atoms with Gasteiger partial charge in [-0.15, -0.1) is 0 Å². The molecule has 0 atom stereocenters. The highest BCUT2D eigenvalue weighted by atomic mass is 35.5.